The number of rotatable bonds is 0. The lowest BCUT2D eigenvalue weighted by molar-refractivity contribution is -0.139. The summed E-state index contributed by atoms with van der Waals surface area (Å²) in [6, 6.07) is 0. The molecule has 0 aromatic carbocycles. The summed E-state index contributed by atoms with van der Waals surface area (Å²) in [6.07, 6.45) is 0. The molecule has 0 radical (unpaired) electrons. The van der Waals surface area contributed by atoms with Gasteiger partial charge in [-0.2, -0.15) is 0 Å². The Morgan fingerprint density at radius 2 is 2.08 bits per heavy atom. The summed E-state index contributed by atoms with van der Waals surface area (Å²) in [5.74, 6) is -0.0616. The van der Waals surface area contributed by atoms with Gasteiger partial charge in [-0.05, 0) is 0 Å². The zero-order valence-corrected chi connectivity index (χ0v) is 7.68. The first-order chi connectivity index (χ1) is 5.41. The van der Waals surface area contributed by atoms with Crippen LogP contribution in [0.5, 0.6) is 0 Å². The van der Waals surface area contributed by atoms with E-state index in [0.29, 0.717) is 6.67 Å². The van der Waals surface area contributed by atoms with E-state index in [1.54, 1.807) is 0 Å². The Hall–Kier alpha value is -1.06. The van der Waals surface area contributed by atoms with E-state index in [-0.39, 0.29) is 18.4 Å². The summed E-state index contributed by atoms with van der Waals surface area (Å²) in [4.78, 5) is 23.9. The molecule has 1 heterocycles. The topological polar surface area (TPSA) is 49.4 Å². The van der Waals surface area contributed by atoms with Gasteiger partial charge in [-0.3, -0.25) is 9.59 Å². The zero-order valence-electron chi connectivity index (χ0n) is 7.68. The van der Waals surface area contributed by atoms with Crippen LogP contribution >= 0.6 is 0 Å². The maximum absolute atomic E-state index is 11.5. The number of nitrogens with zero attached hydrogens (tertiary/aromatic N) is 1. The Morgan fingerprint density at radius 3 is 2.42 bits per heavy atom. The van der Waals surface area contributed by atoms with Crippen LogP contribution in [0.15, 0.2) is 0 Å². The lowest BCUT2D eigenvalue weighted by Gasteiger charge is -2.23. The normalized spacial score (nSPS) is 17.9. The maximum Gasteiger partial charge on any atom is 0.241 e. The van der Waals surface area contributed by atoms with Crippen molar-refractivity contribution >= 4 is 11.8 Å². The molecule has 1 saturated heterocycles. The van der Waals surface area contributed by atoms with Crippen LogP contribution < -0.4 is 5.32 Å². The third-order valence-electron chi connectivity index (χ3n) is 1.73. The highest BCUT2D eigenvalue weighted by atomic mass is 16.2. The average Bonchev–Trinajstić information content (AvgIpc) is 2.32. The van der Waals surface area contributed by atoms with Crippen LogP contribution in [0, 0.1) is 5.41 Å². The number of amides is 2. The van der Waals surface area contributed by atoms with Gasteiger partial charge in [-0.25, -0.2) is 0 Å². The molecular weight excluding hydrogens is 156 g/mol. The van der Waals surface area contributed by atoms with Crippen molar-refractivity contribution in [1.82, 2.24) is 10.2 Å². The molecule has 68 valence electrons. The summed E-state index contributed by atoms with van der Waals surface area (Å²) in [5.41, 5.74) is -0.397. The Labute approximate surface area is 71.9 Å². The van der Waals surface area contributed by atoms with Crippen molar-refractivity contribution in [2.45, 2.75) is 20.8 Å². The van der Waals surface area contributed by atoms with Crippen molar-refractivity contribution in [3.8, 4) is 0 Å². The summed E-state index contributed by atoms with van der Waals surface area (Å²) in [7, 11) is 0. The van der Waals surface area contributed by atoms with Crippen LogP contribution in [0.2, 0.25) is 0 Å². The maximum atomic E-state index is 11.5. The van der Waals surface area contributed by atoms with Crippen LogP contribution in [-0.2, 0) is 9.59 Å². The summed E-state index contributed by atoms with van der Waals surface area (Å²) in [6.45, 7) is 6.10. The minimum atomic E-state index is -0.397. The highest BCUT2D eigenvalue weighted by molar-refractivity contribution is 5.89. The monoisotopic (exact) mass is 170 g/mol. The van der Waals surface area contributed by atoms with Gasteiger partial charge in [0.25, 0.3) is 0 Å². The minimum Gasteiger partial charge on any atom is -0.337 e. The van der Waals surface area contributed by atoms with Gasteiger partial charge in [0.15, 0.2) is 0 Å². The first-order valence-corrected chi connectivity index (χ1v) is 3.97. The van der Waals surface area contributed by atoms with Crippen LogP contribution in [0.3, 0.4) is 0 Å². The molecule has 1 aliphatic rings. The van der Waals surface area contributed by atoms with Crippen LogP contribution in [0.1, 0.15) is 20.8 Å². The van der Waals surface area contributed by atoms with Gasteiger partial charge in [-0.15, -0.1) is 0 Å². The second-order valence-electron chi connectivity index (χ2n) is 4.01. The van der Waals surface area contributed by atoms with Gasteiger partial charge >= 0.3 is 0 Å². The van der Waals surface area contributed by atoms with Crippen molar-refractivity contribution in [2.24, 2.45) is 5.41 Å². The number of hydrogen-bond donors (Lipinski definition) is 1. The van der Waals surface area contributed by atoms with Crippen LogP contribution in [0.25, 0.3) is 0 Å². The second-order valence-corrected chi connectivity index (χ2v) is 4.01. The molecule has 4 nitrogen and oxygen atoms in total. The fourth-order valence-electron chi connectivity index (χ4n) is 1.09. The standard InChI is InChI=1S/C8H14N2O2/c1-8(2,3)7(12)10-4-6(11)9-5-10/h4-5H2,1-3H3,(H,9,11). The Morgan fingerprint density at radius 1 is 1.50 bits per heavy atom. The van der Waals surface area contributed by atoms with E-state index < -0.39 is 5.41 Å². The number of nitrogens with one attached hydrogen (secondary N) is 1. The van der Waals surface area contributed by atoms with Gasteiger partial charge < -0.3 is 10.2 Å². The molecule has 0 spiro atoms. The fourth-order valence-corrected chi connectivity index (χ4v) is 1.09. The minimum absolute atomic E-state index is 0.0147. The Balaban J connectivity index is 2.61. The van der Waals surface area contributed by atoms with E-state index in [1.807, 2.05) is 20.8 Å². The quantitative estimate of drug-likeness (QED) is 0.554. The Bertz CT molecular complexity index is 218. The number of carbonyl (C=O) groups is 2. The molecular formula is C8H14N2O2. The fraction of sp³-hybridized carbons (Fsp3) is 0.750. The first kappa shape index (κ1) is 9.03. The average molecular weight is 170 g/mol. The molecule has 0 aliphatic carbocycles. The van der Waals surface area contributed by atoms with E-state index in [2.05, 4.69) is 5.32 Å². The molecule has 1 fully saturated rings. The summed E-state index contributed by atoms with van der Waals surface area (Å²) < 4.78 is 0. The van der Waals surface area contributed by atoms with Crippen molar-refractivity contribution in [1.29, 1.82) is 0 Å². The van der Waals surface area contributed by atoms with E-state index in [9.17, 15) is 9.59 Å². The lowest BCUT2D eigenvalue weighted by Crippen LogP contribution is -2.38. The molecule has 1 rings (SSSR count). The summed E-state index contributed by atoms with van der Waals surface area (Å²) >= 11 is 0. The van der Waals surface area contributed by atoms with E-state index in [1.165, 1.54) is 4.90 Å². The first-order valence-electron chi connectivity index (χ1n) is 3.97. The van der Waals surface area contributed by atoms with Gasteiger partial charge in [0.2, 0.25) is 11.8 Å². The molecule has 0 aromatic rings. The lowest BCUT2D eigenvalue weighted by atomic mass is 9.95. The van der Waals surface area contributed by atoms with Gasteiger partial charge in [0, 0.05) is 5.41 Å². The van der Waals surface area contributed by atoms with E-state index in [4.69, 9.17) is 0 Å². The van der Waals surface area contributed by atoms with Crippen LogP contribution in [-0.4, -0.2) is 29.9 Å². The van der Waals surface area contributed by atoms with Crippen molar-refractivity contribution in [2.75, 3.05) is 13.2 Å². The molecule has 4 heteroatoms. The van der Waals surface area contributed by atoms with Crippen molar-refractivity contribution < 1.29 is 9.59 Å². The third kappa shape index (κ3) is 1.75. The van der Waals surface area contributed by atoms with Crippen molar-refractivity contribution in [3.63, 3.8) is 0 Å². The predicted octanol–water partition coefficient (Wildman–Crippen LogP) is -0.0516. The van der Waals surface area contributed by atoms with Crippen LogP contribution in [0.4, 0.5) is 0 Å². The second kappa shape index (κ2) is 2.77. The molecule has 0 bridgehead atoms. The molecule has 0 atom stereocenters. The highest BCUT2D eigenvalue weighted by Crippen LogP contribution is 2.17. The van der Waals surface area contributed by atoms with Gasteiger partial charge in [-0.1, -0.05) is 20.8 Å². The number of carbonyl (C=O) groups excluding carboxylic acids is 2. The third-order valence-corrected chi connectivity index (χ3v) is 1.73. The molecule has 0 saturated carbocycles. The zero-order chi connectivity index (χ0) is 9.35. The SMILES string of the molecule is CC(C)(C)C(=O)N1CNC(=O)C1. The Kier molecular flexibility index (Phi) is 2.08. The molecule has 0 aromatic heterocycles. The predicted molar refractivity (Wildman–Crippen MR) is 44.2 cm³/mol. The molecule has 0 unspecified atom stereocenters. The summed E-state index contributed by atoms with van der Waals surface area (Å²) in [5, 5.41) is 2.59. The number of hydrogen-bond acceptors (Lipinski definition) is 2. The molecule has 12 heavy (non-hydrogen) atoms. The van der Waals surface area contributed by atoms with E-state index in [0.717, 1.165) is 0 Å². The van der Waals surface area contributed by atoms with E-state index >= 15 is 0 Å². The molecule has 2 amide bonds. The molecule has 1 N–H and O–H groups in total. The largest absolute Gasteiger partial charge is 0.337 e. The van der Waals surface area contributed by atoms with Crippen molar-refractivity contribution in [3.05, 3.63) is 0 Å². The smallest absolute Gasteiger partial charge is 0.241 e. The van der Waals surface area contributed by atoms with Gasteiger partial charge in [0.05, 0.1) is 6.67 Å². The molecule has 1 aliphatic heterocycles. The highest BCUT2D eigenvalue weighted by Gasteiger charge is 2.31. The van der Waals surface area contributed by atoms with Gasteiger partial charge in [0.1, 0.15) is 6.54 Å².